The minimum atomic E-state index is -4.38. The first-order valence-electron chi connectivity index (χ1n) is 6.37. The standard InChI is InChI=1S/C15H12F3NO3/c1-2-21-14(20)22-13-7-11(8-19-9-13)10-3-5-12(6-4-10)15(16,17)18/h3-9H,2H2,1H3. The average Bonchev–Trinajstić information content (AvgIpc) is 2.47. The van der Waals surface area contributed by atoms with Gasteiger partial charge in [-0.15, -0.1) is 0 Å². The summed E-state index contributed by atoms with van der Waals surface area (Å²) >= 11 is 0. The van der Waals surface area contributed by atoms with E-state index >= 15 is 0 Å². The Morgan fingerprint density at radius 2 is 1.82 bits per heavy atom. The molecule has 1 heterocycles. The summed E-state index contributed by atoms with van der Waals surface area (Å²) in [6.07, 6.45) is -2.48. The first kappa shape index (κ1) is 15.8. The molecule has 0 atom stereocenters. The van der Waals surface area contributed by atoms with Gasteiger partial charge in [0.05, 0.1) is 18.4 Å². The third-order valence-corrected chi connectivity index (χ3v) is 2.72. The highest BCUT2D eigenvalue weighted by atomic mass is 19.4. The summed E-state index contributed by atoms with van der Waals surface area (Å²) in [5.74, 6) is 0.149. The predicted octanol–water partition coefficient (Wildman–Crippen LogP) is 4.30. The molecule has 4 nitrogen and oxygen atoms in total. The van der Waals surface area contributed by atoms with E-state index in [0.717, 1.165) is 12.1 Å². The van der Waals surface area contributed by atoms with Crippen LogP contribution in [-0.4, -0.2) is 17.7 Å². The quantitative estimate of drug-likeness (QED) is 0.793. The Hall–Kier alpha value is -2.57. The van der Waals surface area contributed by atoms with Gasteiger partial charge in [-0.3, -0.25) is 4.98 Å². The first-order valence-corrected chi connectivity index (χ1v) is 6.37. The van der Waals surface area contributed by atoms with Crippen LogP contribution >= 0.6 is 0 Å². The van der Waals surface area contributed by atoms with E-state index in [1.54, 1.807) is 6.92 Å². The second kappa shape index (κ2) is 6.46. The van der Waals surface area contributed by atoms with Crippen LogP contribution in [0, 0.1) is 0 Å². The van der Waals surface area contributed by atoms with Crippen molar-refractivity contribution in [3.63, 3.8) is 0 Å². The van der Waals surface area contributed by atoms with Crippen molar-refractivity contribution in [1.82, 2.24) is 4.98 Å². The van der Waals surface area contributed by atoms with E-state index in [-0.39, 0.29) is 12.4 Å². The molecular formula is C15H12F3NO3. The Morgan fingerprint density at radius 3 is 2.41 bits per heavy atom. The molecule has 0 spiro atoms. The highest BCUT2D eigenvalue weighted by molar-refractivity contribution is 5.67. The Kier molecular flexibility index (Phi) is 4.65. The number of ether oxygens (including phenoxy) is 2. The largest absolute Gasteiger partial charge is 0.513 e. The summed E-state index contributed by atoms with van der Waals surface area (Å²) in [4.78, 5) is 15.1. The van der Waals surface area contributed by atoms with Crippen LogP contribution in [0.4, 0.5) is 18.0 Å². The molecule has 0 unspecified atom stereocenters. The van der Waals surface area contributed by atoms with E-state index in [1.165, 1.54) is 30.6 Å². The number of alkyl halides is 3. The molecule has 1 aromatic heterocycles. The molecule has 7 heteroatoms. The molecule has 116 valence electrons. The van der Waals surface area contributed by atoms with E-state index in [2.05, 4.69) is 9.72 Å². The minimum Gasteiger partial charge on any atom is -0.434 e. The topological polar surface area (TPSA) is 48.4 Å². The zero-order chi connectivity index (χ0) is 16.2. The van der Waals surface area contributed by atoms with Crippen LogP contribution in [0.3, 0.4) is 0 Å². The lowest BCUT2D eigenvalue weighted by molar-refractivity contribution is -0.137. The van der Waals surface area contributed by atoms with Gasteiger partial charge in [0.1, 0.15) is 0 Å². The van der Waals surface area contributed by atoms with Crippen molar-refractivity contribution in [2.45, 2.75) is 13.1 Å². The van der Waals surface area contributed by atoms with Crippen LogP contribution in [0.5, 0.6) is 5.75 Å². The lowest BCUT2D eigenvalue weighted by Crippen LogP contribution is -2.10. The molecule has 0 fully saturated rings. The number of nitrogens with zero attached hydrogens (tertiary/aromatic N) is 1. The highest BCUT2D eigenvalue weighted by Gasteiger charge is 2.29. The molecule has 0 radical (unpaired) electrons. The Labute approximate surface area is 124 Å². The zero-order valence-corrected chi connectivity index (χ0v) is 11.6. The van der Waals surface area contributed by atoms with Crippen LogP contribution in [0.1, 0.15) is 12.5 Å². The fourth-order valence-electron chi connectivity index (χ4n) is 1.73. The number of hydrogen-bond acceptors (Lipinski definition) is 4. The number of pyridine rings is 1. The summed E-state index contributed by atoms with van der Waals surface area (Å²) in [6.45, 7) is 1.81. The van der Waals surface area contributed by atoms with Gasteiger partial charge in [0.2, 0.25) is 0 Å². The van der Waals surface area contributed by atoms with Gasteiger partial charge in [0.15, 0.2) is 5.75 Å². The number of hydrogen-bond donors (Lipinski definition) is 0. The lowest BCUT2D eigenvalue weighted by Gasteiger charge is -2.08. The van der Waals surface area contributed by atoms with Crippen LogP contribution in [0.25, 0.3) is 11.1 Å². The van der Waals surface area contributed by atoms with Crippen molar-refractivity contribution in [2.24, 2.45) is 0 Å². The third kappa shape index (κ3) is 3.97. The monoisotopic (exact) mass is 311 g/mol. The molecule has 0 N–H and O–H groups in total. The lowest BCUT2D eigenvalue weighted by atomic mass is 10.1. The van der Waals surface area contributed by atoms with E-state index in [9.17, 15) is 18.0 Å². The average molecular weight is 311 g/mol. The van der Waals surface area contributed by atoms with Gasteiger partial charge in [0.25, 0.3) is 0 Å². The van der Waals surface area contributed by atoms with Crippen LogP contribution < -0.4 is 4.74 Å². The molecule has 1 aromatic carbocycles. The second-order valence-corrected chi connectivity index (χ2v) is 4.27. The highest BCUT2D eigenvalue weighted by Crippen LogP contribution is 2.31. The first-order chi connectivity index (χ1) is 10.4. The Balaban J connectivity index is 2.20. The number of benzene rings is 1. The Bertz CT molecular complexity index is 654. The molecule has 0 aliphatic rings. The predicted molar refractivity (Wildman–Crippen MR) is 72.3 cm³/mol. The van der Waals surface area contributed by atoms with E-state index in [0.29, 0.717) is 11.1 Å². The van der Waals surface area contributed by atoms with Crippen LogP contribution in [0.2, 0.25) is 0 Å². The van der Waals surface area contributed by atoms with Gasteiger partial charge in [-0.25, -0.2) is 4.79 Å². The molecule has 0 aliphatic carbocycles. The van der Waals surface area contributed by atoms with Crippen molar-refractivity contribution < 1.29 is 27.4 Å². The normalized spacial score (nSPS) is 11.1. The van der Waals surface area contributed by atoms with Crippen molar-refractivity contribution in [3.05, 3.63) is 48.3 Å². The molecule has 0 saturated carbocycles. The summed E-state index contributed by atoms with van der Waals surface area (Å²) in [7, 11) is 0. The molecule has 0 aliphatic heterocycles. The van der Waals surface area contributed by atoms with Gasteiger partial charge in [-0.1, -0.05) is 12.1 Å². The van der Waals surface area contributed by atoms with Crippen molar-refractivity contribution in [1.29, 1.82) is 0 Å². The number of carbonyl (C=O) groups excluding carboxylic acids is 1. The minimum absolute atomic E-state index is 0.149. The van der Waals surface area contributed by atoms with Crippen LogP contribution in [-0.2, 0) is 10.9 Å². The smallest absolute Gasteiger partial charge is 0.434 e. The maximum atomic E-state index is 12.5. The SMILES string of the molecule is CCOC(=O)Oc1cncc(-c2ccc(C(F)(F)F)cc2)c1. The fraction of sp³-hybridized carbons (Fsp3) is 0.200. The molecule has 0 amide bonds. The molecule has 0 bridgehead atoms. The summed E-state index contributed by atoms with van der Waals surface area (Å²) in [6, 6.07) is 6.11. The molecule has 2 aromatic rings. The summed E-state index contributed by atoms with van der Waals surface area (Å²) in [5, 5.41) is 0. The zero-order valence-electron chi connectivity index (χ0n) is 11.6. The van der Waals surface area contributed by atoms with E-state index < -0.39 is 17.9 Å². The van der Waals surface area contributed by atoms with Gasteiger partial charge >= 0.3 is 12.3 Å². The summed E-state index contributed by atoms with van der Waals surface area (Å²) < 4.78 is 47.1. The number of rotatable bonds is 3. The molecular weight excluding hydrogens is 299 g/mol. The van der Waals surface area contributed by atoms with Crippen molar-refractivity contribution >= 4 is 6.16 Å². The summed E-state index contributed by atoms with van der Waals surface area (Å²) in [5.41, 5.74) is 0.313. The number of aromatic nitrogens is 1. The van der Waals surface area contributed by atoms with Gasteiger partial charge in [-0.2, -0.15) is 13.2 Å². The van der Waals surface area contributed by atoms with Crippen molar-refractivity contribution in [2.75, 3.05) is 6.61 Å². The van der Waals surface area contributed by atoms with Gasteiger partial charge < -0.3 is 9.47 Å². The Morgan fingerprint density at radius 1 is 1.14 bits per heavy atom. The van der Waals surface area contributed by atoms with E-state index in [4.69, 9.17) is 4.74 Å². The number of carbonyl (C=O) groups is 1. The third-order valence-electron chi connectivity index (χ3n) is 2.72. The van der Waals surface area contributed by atoms with E-state index in [1.807, 2.05) is 0 Å². The van der Waals surface area contributed by atoms with Crippen LogP contribution in [0.15, 0.2) is 42.7 Å². The molecule has 0 saturated heterocycles. The molecule has 2 rings (SSSR count). The maximum Gasteiger partial charge on any atom is 0.513 e. The maximum absolute atomic E-state index is 12.5. The fourth-order valence-corrected chi connectivity index (χ4v) is 1.73. The number of halogens is 3. The second-order valence-electron chi connectivity index (χ2n) is 4.27. The van der Waals surface area contributed by atoms with Gasteiger partial charge in [-0.05, 0) is 30.7 Å². The van der Waals surface area contributed by atoms with Crippen molar-refractivity contribution in [3.8, 4) is 16.9 Å². The molecule has 22 heavy (non-hydrogen) atoms. The van der Waals surface area contributed by atoms with Gasteiger partial charge in [0, 0.05) is 11.8 Å².